The van der Waals surface area contributed by atoms with Gasteiger partial charge in [0.15, 0.2) is 0 Å². The SMILES string of the molecule is CC(C)(C)Oc1ccc(OCCCN)cc1. The Balaban J connectivity index is 2.48. The quantitative estimate of drug-likeness (QED) is 0.780. The minimum absolute atomic E-state index is 0.165. The molecule has 0 atom stereocenters. The minimum atomic E-state index is -0.165. The number of hydrogen-bond donors (Lipinski definition) is 1. The molecule has 2 N–H and O–H groups in total. The average Bonchev–Trinajstić information content (AvgIpc) is 2.19. The number of rotatable bonds is 5. The van der Waals surface area contributed by atoms with Crippen LogP contribution < -0.4 is 15.2 Å². The molecule has 0 aliphatic heterocycles. The van der Waals surface area contributed by atoms with Gasteiger partial charge in [-0.2, -0.15) is 0 Å². The van der Waals surface area contributed by atoms with E-state index in [1.807, 2.05) is 45.0 Å². The van der Waals surface area contributed by atoms with E-state index >= 15 is 0 Å². The third-order valence-electron chi connectivity index (χ3n) is 1.86. The molecule has 1 aromatic rings. The summed E-state index contributed by atoms with van der Waals surface area (Å²) >= 11 is 0. The van der Waals surface area contributed by atoms with Crippen LogP contribution in [0.3, 0.4) is 0 Å². The van der Waals surface area contributed by atoms with E-state index in [-0.39, 0.29) is 5.60 Å². The van der Waals surface area contributed by atoms with Gasteiger partial charge in [-0.1, -0.05) is 0 Å². The molecule has 0 unspecified atom stereocenters. The first kappa shape index (κ1) is 12.8. The maximum Gasteiger partial charge on any atom is 0.120 e. The van der Waals surface area contributed by atoms with Crippen LogP contribution in [0.2, 0.25) is 0 Å². The molecule has 0 amide bonds. The van der Waals surface area contributed by atoms with E-state index in [9.17, 15) is 0 Å². The van der Waals surface area contributed by atoms with Crippen molar-refractivity contribution in [1.29, 1.82) is 0 Å². The van der Waals surface area contributed by atoms with Gasteiger partial charge >= 0.3 is 0 Å². The lowest BCUT2D eigenvalue weighted by atomic mass is 10.2. The molecule has 0 aromatic heterocycles. The fraction of sp³-hybridized carbons (Fsp3) is 0.538. The summed E-state index contributed by atoms with van der Waals surface area (Å²) in [6.07, 6.45) is 0.875. The topological polar surface area (TPSA) is 44.5 Å². The standard InChI is InChI=1S/C13H21NO2/c1-13(2,3)16-12-7-5-11(6-8-12)15-10-4-9-14/h5-8H,4,9-10,14H2,1-3H3. The number of ether oxygens (including phenoxy) is 2. The average molecular weight is 223 g/mol. The van der Waals surface area contributed by atoms with Gasteiger partial charge in [-0.05, 0) is 58.0 Å². The molecular weight excluding hydrogens is 202 g/mol. The second-order valence-corrected chi connectivity index (χ2v) is 4.68. The molecule has 1 rings (SSSR count). The molecule has 0 saturated heterocycles. The third-order valence-corrected chi connectivity index (χ3v) is 1.86. The van der Waals surface area contributed by atoms with Gasteiger partial charge < -0.3 is 15.2 Å². The van der Waals surface area contributed by atoms with Gasteiger partial charge in [-0.3, -0.25) is 0 Å². The Labute approximate surface area is 97.6 Å². The molecule has 0 aliphatic carbocycles. The van der Waals surface area contributed by atoms with Gasteiger partial charge in [0.25, 0.3) is 0 Å². The van der Waals surface area contributed by atoms with Gasteiger partial charge in [-0.15, -0.1) is 0 Å². The number of benzene rings is 1. The Bertz CT molecular complexity index is 301. The molecule has 3 nitrogen and oxygen atoms in total. The normalized spacial score (nSPS) is 11.2. The Morgan fingerprint density at radius 3 is 2.12 bits per heavy atom. The summed E-state index contributed by atoms with van der Waals surface area (Å²) in [4.78, 5) is 0. The highest BCUT2D eigenvalue weighted by atomic mass is 16.5. The maximum absolute atomic E-state index is 5.71. The van der Waals surface area contributed by atoms with Crippen LogP contribution >= 0.6 is 0 Å². The van der Waals surface area contributed by atoms with Crippen molar-refractivity contribution in [2.75, 3.05) is 13.2 Å². The lowest BCUT2D eigenvalue weighted by Gasteiger charge is -2.21. The van der Waals surface area contributed by atoms with Crippen LogP contribution in [0.4, 0.5) is 0 Å². The van der Waals surface area contributed by atoms with Crippen LogP contribution in [0.5, 0.6) is 11.5 Å². The number of nitrogens with two attached hydrogens (primary N) is 1. The predicted molar refractivity (Wildman–Crippen MR) is 66.0 cm³/mol. The summed E-state index contributed by atoms with van der Waals surface area (Å²) in [7, 11) is 0. The van der Waals surface area contributed by atoms with E-state index in [2.05, 4.69) is 0 Å². The third kappa shape index (κ3) is 5.03. The van der Waals surface area contributed by atoms with E-state index < -0.39 is 0 Å². The van der Waals surface area contributed by atoms with Crippen molar-refractivity contribution in [1.82, 2.24) is 0 Å². The summed E-state index contributed by atoms with van der Waals surface area (Å²) in [5.41, 5.74) is 5.22. The molecule has 16 heavy (non-hydrogen) atoms. The summed E-state index contributed by atoms with van der Waals surface area (Å²) in [5.74, 6) is 1.72. The molecule has 0 radical (unpaired) electrons. The van der Waals surface area contributed by atoms with Crippen molar-refractivity contribution in [2.24, 2.45) is 5.73 Å². The highest BCUT2D eigenvalue weighted by Gasteiger charge is 2.11. The summed E-state index contributed by atoms with van der Waals surface area (Å²) < 4.78 is 11.2. The van der Waals surface area contributed by atoms with Gasteiger partial charge in [0.05, 0.1) is 6.61 Å². The molecule has 0 aliphatic rings. The van der Waals surface area contributed by atoms with Crippen LogP contribution in [-0.2, 0) is 0 Å². The Morgan fingerprint density at radius 2 is 1.62 bits per heavy atom. The van der Waals surface area contributed by atoms with Crippen LogP contribution in [0, 0.1) is 0 Å². The van der Waals surface area contributed by atoms with Crippen molar-refractivity contribution in [3.63, 3.8) is 0 Å². The second-order valence-electron chi connectivity index (χ2n) is 4.68. The van der Waals surface area contributed by atoms with Crippen molar-refractivity contribution in [3.8, 4) is 11.5 Å². The van der Waals surface area contributed by atoms with Crippen molar-refractivity contribution in [2.45, 2.75) is 32.8 Å². The molecule has 0 fully saturated rings. The summed E-state index contributed by atoms with van der Waals surface area (Å²) in [6.45, 7) is 7.40. The molecule has 0 bridgehead atoms. The Kier molecular flexibility index (Phi) is 4.62. The molecule has 1 aromatic carbocycles. The zero-order chi connectivity index (χ0) is 12.0. The predicted octanol–water partition coefficient (Wildman–Crippen LogP) is 2.59. The fourth-order valence-electron chi connectivity index (χ4n) is 1.23. The molecule has 0 saturated carbocycles. The lowest BCUT2D eigenvalue weighted by molar-refractivity contribution is 0.131. The smallest absolute Gasteiger partial charge is 0.120 e. The fourth-order valence-corrected chi connectivity index (χ4v) is 1.23. The van der Waals surface area contributed by atoms with Gasteiger partial charge in [0.1, 0.15) is 17.1 Å². The monoisotopic (exact) mass is 223 g/mol. The second kappa shape index (κ2) is 5.75. The van der Waals surface area contributed by atoms with E-state index in [0.29, 0.717) is 13.2 Å². The van der Waals surface area contributed by atoms with Crippen molar-refractivity contribution in [3.05, 3.63) is 24.3 Å². The van der Waals surface area contributed by atoms with Gasteiger partial charge in [0, 0.05) is 0 Å². The van der Waals surface area contributed by atoms with Gasteiger partial charge in [0.2, 0.25) is 0 Å². The largest absolute Gasteiger partial charge is 0.494 e. The van der Waals surface area contributed by atoms with E-state index in [4.69, 9.17) is 15.2 Å². The minimum Gasteiger partial charge on any atom is -0.494 e. The molecule has 90 valence electrons. The lowest BCUT2D eigenvalue weighted by Crippen LogP contribution is -2.22. The maximum atomic E-state index is 5.71. The highest BCUT2D eigenvalue weighted by molar-refractivity contribution is 5.31. The molecule has 3 heteroatoms. The van der Waals surface area contributed by atoms with Gasteiger partial charge in [-0.25, -0.2) is 0 Å². The van der Waals surface area contributed by atoms with Crippen LogP contribution in [0.15, 0.2) is 24.3 Å². The highest BCUT2D eigenvalue weighted by Crippen LogP contribution is 2.21. The zero-order valence-electron chi connectivity index (χ0n) is 10.3. The van der Waals surface area contributed by atoms with Crippen LogP contribution in [0.25, 0.3) is 0 Å². The van der Waals surface area contributed by atoms with E-state index in [1.54, 1.807) is 0 Å². The first-order valence-corrected chi connectivity index (χ1v) is 5.63. The molecular formula is C13H21NO2. The first-order chi connectivity index (χ1) is 7.51. The van der Waals surface area contributed by atoms with E-state index in [1.165, 1.54) is 0 Å². The summed E-state index contributed by atoms with van der Waals surface area (Å²) in [5, 5.41) is 0. The molecule has 0 spiro atoms. The van der Waals surface area contributed by atoms with Crippen molar-refractivity contribution < 1.29 is 9.47 Å². The van der Waals surface area contributed by atoms with Crippen LogP contribution in [-0.4, -0.2) is 18.8 Å². The molecule has 0 heterocycles. The van der Waals surface area contributed by atoms with E-state index in [0.717, 1.165) is 17.9 Å². The van der Waals surface area contributed by atoms with Crippen LogP contribution in [0.1, 0.15) is 27.2 Å². The first-order valence-electron chi connectivity index (χ1n) is 5.63. The Morgan fingerprint density at radius 1 is 1.06 bits per heavy atom. The summed E-state index contributed by atoms with van der Waals surface area (Å²) in [6, 6.07) is 7.67. The van der Waals surface area contributed by atoms with Crippen molar-refractivity contribution >= 4 is 0 Å². The zero-order valence-corrected chi connectivity index (χ0v) is 10.3. The Hall–Kier alpha value is -1.22. The number of hydrogen-bond acceptors (Lipinski definition) is 3.